The Kier molecular flexibility index (Phi) is 5.46. The van der Waals surface area contributed by atoms with Gasteiger partial charge in [-0.1, -0.05) is 30.3 Å². The maximum absolute atomic E-state index is 13.6. The number of carbonyl (C=O) groups excluding carboxylic acids is 1. The fraction of sp³-hybridized carbons (Fsp3) is 0.235. The quantitative estimate of drug-likeness (QED) is 0.579. The van der Waals surface area contributed by atoms with Crippen molar-refractivity contribution in [2.24, 2.45) is 0 Å². The molecule has 0 atom stereocenters. The maximum Gasteiger partial charge on any atom is 0.171 e. The van der Waals surface area contributed by atoms with Gasteiger partial charge < -0.3 is 9.47 Å². The van der Waals surface area contributed by atoms with Crippen LogP contribution in [0, 0.1) is 5.82 Å². The highest BCUT2D eigenvalue weighted by Gasteiger charge is 2.14. The highest BCUT2D eigenvalue weighted by Crippen LogP contribution is 2.20. The number of para-hydroxylation sites is 1. The Hall–Kier alpha value is -2.20. The van der Waals surface area contributed by atoms with Crippen molar-refractivity contribution in [1.82, 2.24) is 0 Å². The van der Waals surface area contributed by atoms with Crippen molar-refractivity contribution in [1.29, 1.82) is 0 Å². The summed E-state index contributed by atoms with van der Waals surface area (Å²) in [5, 5.41) is 0. The lowest BCUT2D eigenvalue weighted by atomic mass is 10.0. The Labute approximate surface area is 123 Å². The summed E-state index contributed by atoms with van der Waals surface area (Å²) in [7, 11) is 1.58. The van der Waals surface area contributed by atoms with E-state index in [0.717, 1.165) is 0 Å². The van der Waals surface area contributed by atoms with Gasteiger partial charge in [0.2, 0.25) is 0 Å². The van der Waals surface area contributed by atoms with E-state index in [-0.39, 0.29) is 18.0 Å². The van der Waals surface area contributed by atoms with Gasteiger partial charge in [-0.05, 0) is 23.8 Å². The molecule has 0 N–H and O–H groups in total. The average Bonchev–Trinajstić information content (AvgIpc) is 2.50. The molecule has 21 heavy (non-hydrogen) atoms. The second-order valence-electron chi connectivity index (χ2n) is 4.53. The number of hydrogen-bond acceptors (Lipinski definition) is 3. The zero-order chi connectivity index (χ0) is 15.1. The van der Waals surface area contributed by atoms with Crippen LogP contribution in [-0.4, -0.2) is 26.1 Å². The number of rotatable bonds is 7. The van der Waals surface area contributed by atoms with Crippen LogP contribution < -0.4 is 4.74 Å². The van der Waals surface area contributed by atoms with E-state index in [1.54, 1.807) is 49.6 Å². The number of carbonyl (C=O) groups is 1. The lowest BCUT2D eigenvalue weighted by Gasteiger charge is -2.10. The van der Waals surface area contributed by atoms with Gasteiger partial charge in [-0.2, -0.15) is 0 Å². The van der Waals surface area contributed by atoms with Gasteiger partial charge in [-0.25, -0.2) is 4.39 Å². The van der Waals surface area contributed by atoms with Gasteiger partial charge in [0.1, 0.15) is 18.2 Å². The van der Waals surface area contributed by atoms with Crippen LogP contribution >= 0.6 is 0 Å². The number of halogens is 1. The van der Waals surface area contributed by atoms with E-state index in [0.29, 0.717) is 30.1 Å². The molecular weight excluding hydrogens is 271 g/mol. The van der Waals surface area contributed by atoms with Crippen LogP contribution in [-0.2, 0) is 11.2 Å². The van der Waals surface area contributed by atoms with E-state index in [9.17, 15) is 9.18 Å². The molecule has 0 amide bonds. The number of ketones is 1. The van der Waals surface area contributed by atoms with Crippen LogP contribution in [0.2, 0.25) is 0 Å². The van der Waals surface area contributed by atoms with Crippen LogP contribution in [0.1, 0.15) is 15.9 Å². The summed E-state index contributed by atoms with van der Waals surface area (Å²) in [6.45, 7) is 0.802. The highest BCUT2D eigenvalue weighted by atomic mass is 19.1. The molecule has 4 heteroatoms. The summed E-state index contributed by atoms with van der Waals surface area (Å²) in [6.07, 6.45) is 0.0112. The Morgan fingerprint density at radius 2 is 1.76 bits per heavy atom. The van der Waals surface area contributed by atoms with Gasteiger partial charge in [0.05, 0.1) is 12.2 Å². The lowest BCUT2D eigenvalue weighted by molar-refractivity contribution is 0.0984. The Morgan fingerprint density at radius 3 is 2.52 bits per heavy atom. The van der Waals surface area contributed by atoms with E-state index < -0.39 is 0 Å². The summed E-state index contributed by atoms with van der Waals surface area (Å²) in [5.74, 6) is -0.0485. The van der Waals surface area contributed by atoms with Crippen molar-refractivity contribution in [2.45, 2.75) is 6.42 Å². The number of hydrogen-bond donors (Lipinski definition) is 0. The summed E-state index contributed by atoms with van der Waals surface area (Å²) in [5.41, 5.74) is 0.839. The lowest BCUT2D eigenvalue weighted by Crippen LogP contribution is -2.10. The number of ether oxygens (including phenoxy) is 2. The normalized spacial score (nSPS) is 10.4. The van der Waals surface area contributed by atoms with Crippen molar-refractivity contribution < 1.29 is 18.7 Å². The summed E-state index contributed by atoms with van der Waals surface area (Å²) in [6, 6.07) is 13.2. The Bertz CT molecular complexity index is 610. The van der Waals surface area contributed by atoms with Crippen LogP contribution in [0.4, 0.5) is 4.39 Å². The number of benzene rings is 2. The molecule has 0 aromatic heterocycles. The van der Waals surface area contributed by atoms with Crippen molar-refractivity contribution >= 4 is 5.78 Å². The molecule has 0 radical (unpaired) electrons. The molecular formula is C17H17FO3. The zero-order valence-electron chi connectivity index (χ0n) is 11.8. The zero-order valence-corrected chi connectivity index (χ0v) is 11.8. The van der Waals surface area contributed by atoms with E-state index in [2.05, 4.69) is 0 Å². The molecule has 0 aliphatic rings. The fourth-order valence-electron chi connectivity index (χ4n) is 1.97. The molecule has 0 saturated carbocycles. The first-order valence-electron chi connectivity index (χ1n) is 6.69. The van der Waals surface area contributed by atoms with Crippen molar-refractivity contribution in [2.75, 3.05) is 20.3 Å². The second kappa shape index (κ2) is 7.55. The standard InChI is InChI=1S/C17H17FO3/c1-20-10-11-21-17-9-5-3-7-14(17)16(19)12-13-6-2-4-8-15(13)18/h2-9H,10-12H2,1H3. The van der Waals surface area contributed by atoms with Gasteiger partial charge in [0.25, 0.3) is 0 Å². The smallest absolute Gasteiger partial charge is 0.171 e. The van der Waals surface area contributed by atoms with Gasteiger partial charge in [0, 0.05) is 13.5 Å². The van der Waals surface area contributed by atoms with E-state index in [4.69, 9.17) is 9.47 Å². The van der Waals surface area contributed by atoms with Gasteiger partial charge >= 0.3 is 0 Å². The maximum atomic E-state index is 13.6. The molecule has 0 saturated heterocycles. The van der Waals surface area contributed by atoms with Crippen molar-refractivity contribution in [3.63, 3.8) is 0 Å². The Balaban J connectivity index is 2.13. The molecule has 0 heterocycles. The first-order valence-corrected chi connectivity index (χ1v) is 6.69. The first-order chi connectivity index (χ1) is 10.2. The number of Topliss-reactive ketones (excluding diaryl/α,β-unsaturated/α-hetero) is 1. The minimum atomic E-state index is -0.372. The Morgan fingerprint density at radius 1 is 1.05 bits per heavy atom. The van der Waals surface area contributed by atoms with E-state index in [1.807, 2.05) is 0 Å². The third kappa shape index (κ3) is 4.13. The molecule has 2 rings (SSSR count). The first kappa shape index (κ1) is 15.2. The minimum absolute atomic E-state index is 0.0112. The molecule has 0 bridgehead atoms. The third-order valence-corrected chi connectivity index (χ3v) is 3.04. The molecule has 0 unspecified atom stereocenters. The predicted octanol–water partition coefficient (Wildman–Crippen LogP) is 3.28. The highest BCUT2D eigenvalue weighted by molar-refractivity contribution is 5.99. The summed E-state index contributed by atoms with van der Waals surface area (Å²) in [4.78, 5) is 12.3. The monoisotopic (exact) mass is 288 g/mol. The molecule has 0 fully saturated rings. The average molecular weight is 288 g/mol. The summed E-state index contributed by atoms with van der Waals surface area (Å²) >= 11 is 0. The fourth-order valence-corrected chi connectivity index (χ4v) is 1.97. The van der Waals surface area contributed by atoms with E-state index >= 15 is 0 Å². The third-order valence-electron chi connectivity index (χ3n) is 3.04. The summed E-state index contributed by atoms with van der Waals surface area (Å²) < 4.78 is 24.1. The molecule has 0 aliphatic carbocycles. The minimum Gasteiger partial charge on any atom is -0.490 e. The van der Waals surface area contributed by atoms with Gasteiger partial charge in [-0.15, -0.1) is 0 Å². The SMILES string of the molecule is COCCOc1ccccc1C(=O)Cc1ccccc1F. The molecule has 3 nitrogen and oxygen atoms in total. The van der Waals surface area contributed by atoms with Crippen molar-refractivity contribution in [3.8, 4) is 5.75 Å². The number of methoxy groups -OCH3 is 1. The second-order valence-corrected chi connectivity index (χ2v) is 4.53. The predicted molar refractivity (Wildman–Crippen MR) is 78.2 cm³/mol. The molecule has 2 aromatic rings. The van der Waals surface area contributed by atoms with Crippen LogP contribution in [0.3, 0.4) is 0 Å². The van der Waals surface area contributed by atoms with E-state index in [1.165, 1.54) is 6.07 Å². The molecule has 0 spiro atoms. The van der Waals surface area contributed by atoms with Crippen LogP contribution in [0.25, 0.3) is 0 Å². The molecule has 0 aliphatic heterocycles. The van der Waals surface area contributed by atoms with Crippen LogP contribution in [0.15, 0.2) is 48.5 Å². The topological polar surface area (TPSA) is 35.5 Å². The largest absolute Gasteiger partial charge is 0.490 e. The van der Waals surface area contributed by atoms with Gasteiger partial charge in [-0.3, -0.25) is 4.79 Å². The van der Waals surface area contributed by atoms with Crippen molar-refractivity contribution in [3.05, 3.63) is 65.5 Å². The molecule has 2 aromatic carbocycles. The molecule has 110 valence electrons. The van der Waals surface area contributed by atoms with Crippen LogP contribution in [0.5, 0.6) is 5.75 Å². The van der Waals surface area contributed by atoms with Gasteiger partial charge in [0.15, 0.2) is 5.78 Å².